The molecule has 1 amide bonds. The first-order valence-corrected chi connectivity index (χ1v) is 11.9. The molecule has 1 aromatic carbocycles. The molecule has 11 nitrogen and oxygen atoms in total. The number of benzene rings is 1. The number of anilines is 1. The predicted octanol–water partition coefficient (Wildman–Crippen LogP) is 2.28. The predicted molar refractivity (Wildman–Crippen MR) is 134 cm³/mol. The number of hydrogen-bond donors (Lipinski definition) is 4. The highest BCUT2D eigenvalue weighted by molar-refractivity contribution is 5.78. The highest BCUT2D eigenvalue weighted by Gasteiger charge is 2.20. The molecule has 2 heterocycles. The molecule has 2 aromatic heterocycles. The Kier molecular flexibility index (Phi) is 8.94. The summed E-state index contributed by atoms with van der Waals surface area (Å²) in [7, 11) is 1.76. The number of nitrogens with zero attached hydrogens (tertiary/aromatic N) is 4. The second-order valence-electron chi connectivity index (χ2n) is 9.09. The van der Waals surface area contributed by atoms with Crippen molar-refractivity contribution in [2.75, 3.05) is 19.0 Å². The number of aryl methyl sites for hydroxylation is 2. The number of nitrogens with one attached hydrogen (secondary N) is 1. The quantitative estimate of drug-likeness (QED) is 0.290. The van der Waals surface area contributed by atoms with Gasteiger partial charge in [-0.25, -0.2) is 9.97 Å². The average molecular weight is 499 g/mol. The molecule has 0 fully saturated rings. The van der Waals surface area contributed by atoms with Gasteiger partial charge in [0, 0.05) is 24.7 Å². The second kappa shape index (κ2) is 11.9. The van der Waals surface area contributed by atoms with Gasteiger partial charge in [-0.3, -0.25) is 4.79 Å². The van der Waals surface area contributed by atoms with Crippen LogP contribution in [0.3, 0.4) is 0 Å². The Bertz CT molecular complexity index is 1200. The zero-order valence-corrected chi connectivity index (χ0v) is 21.3. The zero-order valence-electron chi connectivity index (χ0n) is 21.3. The fraction of sp³-hybridized carbons (Fsp3) is 0.480. The van der Waals surface area contributed by atoms with Crippen LogP contribution in [0.2, 0.25) is 0 Å². The van der Waals surface area contributed by atoms with Crippen molar-refractivity contribution in [2.24, 2.45) is 11.7 Å². The van der Waals surface area contributed by atoms with Gasteiger partial charge in [-0.15, -0.1) is 0 Å². The number of amides is 1. The molecule has 0 aliphatic rings. The molecule has 5 N–H and O–H groups in total. The molecule has 11 heteroatoms. The fourth-order valence-corrected chi connectivity index (χ4v) is 3.75. The van der Waals surface area contributed by atoms with Crippen LogP contribution in [0.15, 0.2) is 22.7 Å². The van der Waals surface area contributed by atoms with E-state index in [4.69, 9.17) is 15.0 Å². The van der Waals surface area contributed by atoms with Crippen LogP contribution in [0.5, 0.6) is 5.75 Å². The Balaban J connectivity index is 1.83. The van der Waals surface area contributed by atoms with Crippen LogP contribution in [0.25, 0.3) is 23.0 Å². The van der Waals surface area contributed by atoms with E-state index in [1.54, 1.807) is 7.05 Å². The van der Waals surface area contributed by atoms with Crippen molar-refractivity contribution in [3.8, 4) is 28.7 Å². The number of aliphatic hydroxyl groups is 2. The maximum Gasteiger partial charge on any atom is 0.277 e. The summed E-state index contributed by atoms with van der Waals surface area (Å²) in [5.74, 6) is 1.35. The van der Waals surface area contributed by atoms with Crippen molar-refractivity contribution in [1.82, 2.24) is 20.1 Å². The van der Waals surface area contributed by atoms with Gasteiger partial charge in [0.2, 0.25) is 17.7 Å². The first-order chi connectivity index (χ1) is 17.1. The number of ether oxygens (including phenoxy) is 1. The standard InChI is InChI=1S/C25H34N6O5/c1-6-15-9-16(8-14(4)21(15)35-12-18(32)11-20(33)22(26)34)23-30-24(36-31-23)19-10-17(7-13(2)3)28-25(27-5)29-19/h8-10,13,18,20,32-33H,6-7,11-12H2,1-5H3,(H2,26,34)(H,27,28,29)/t18-,20?/m0/s1. The lowest BCUT2D eigenvalue weighted by Crippen LogP contribution is -2.33. The zero-order chi connectivity index (χ0) is 26.4. The van der Waals surface area contributed by atoms with E-state index in [9.17, 15) is 15.0 Å². The first-order valence-electron chi connectivity index (χ1n) is 11.9. The van der Waals surface area contributed by atoms with Crippen molar-refractivity contribution in [1.29, 1.82) is 0 Å². The van der Waals surface area contributed by atoms with Crippen LogP contribution in [0.1, 0.15) is 44.0 Å². The summed E-state index contributed by atoms with van der Waals surface area (Å²) in [6, 6.07) is 5.64. The van der Waals surface area contributed by atoms with Gasteiger partial charge >= 0.3 is 0 Å². The fourth-order valence-electron chi connectivity index (χ4n) is 3.75. The van der Waals surface area contributed by atoms with Crippen molar-refractivity contribution in [2.45, 2.75) is 59.2 Å². The van der Waals surface area contributed by atoms with Gasteiger partial charge in [0.15, 0.2) is 0 Å². The van der Waals surface area contributed by atoms with E-state index in [2.05, 4.69) is 39.3 Å². The first kappa shape index (κ1) is 27.0. The van der Waals surface area contributed by atoms with E-state index >= 15 is 0 Å². The van der Waals surface area contributed by atoms with Crippen LogP contribution >= 0.6 is 0 Å². The molecule has 0 aliphatic carbocycles. The van der Waals surface area contributed by atoms with Crippen LogP contribution in [0, 0.1) is 12.8 Å². The van der Waals surface area contributed by atoms with Gasteiger partial charge < -0.3 is 30.5 Å². The monoisotopic (exact) mass is 498 g/mol. The van der Waals surface area contributed by atoms with E-state index in [1.165, 1.54) is 0 Å². The molecule has 0 aliphatic heterocycles. The Morgan fingerprint density at radius 3 is 2.58 bits per heavy atom. The van der Waals surface area contributed by atoms with Crippen LogP contribution in [-0.2, 0) is 17.6 Å². The van der Waals surface area contributed by atoms with E-state index in [1.807, 2.05) is 32.0 Å². The normalized spacial score (nSPS) is 13.0. The van der Waals surface area contributed by atoms with Crippen LogP contribution in [0.4, 0.5) is 5.95 Å². The molecule has 0 spiro atoms. The van der Waals surface area contributed by atoms with Crippen LogP contribution in [-0.4, -0.2) is 62.1 Å². The summed E-state index contributed by atoms with van der Waals surface area (Å²) in [4.78, 5) is 24.5. The summed E-state index contributed by atoms with van der Waals surface area (Å²) < 4.78 is 11.4. The minimum absolute atomic E-state index is 0.0931. The number of carbonyl (C=O) groups is 1. The molecule has 0 bridgehead atoms. The lowest BCUT2D eigenvalue weighted by molar-refractivity contribution is -0.127. The van der Waals surface area contributed by atoms with E-state index in [-0.39, 0.29) is 13.0 Å². The topological polar surface area (TPSA) is 170 Å². The summed E-state index contributed by atoms with van der Waals surface area (Å²) in [5.41, 5.74) is 8.93. The highest BCUT2D eigenvalue weighted by Crippen LogP contribution is 2.31. The summed E-state index contributed by atoms with van der Waals surface area (Å²) in [5, 5.41) is 26.8. The van der Waals surface area contributed by atoms with E-state index in [0.29, 0.717) is 41.4 Å². The SMILES string of the molecule is CCc1cc(-c2noc(-c3cc(CC(C)C)nc(NC)n3)n2)cc(C)c1OC[C@@H](O)CC(O)C(N)=O. The Hall–Kier alpha value is -3.57. The number of rotatable bonds is 12. The van der Waals surface area contributed by atoms with Gasteiger partial charge in [0.1, 0.15) is 24.2 Å². The number of nitrogens with two attached hydrogens (primary N) is 1. The smallest absolute Gasteiger partial charge is 0.277 e. The Morgan fingerprint density at radius 1 is 1.19 bits per heavy atom. The molecule has 0 saturated carbocycles. The van der Waals surface area contributed by atoms with Gasteiger partial charge in [-0.1, -0.05) is 25.9 Å². The molecule has 36 heavy (non-hydrogen) atoms. The Morgan fingerprint density at radius 2 is 1.94 bits per heavy atom. The molecule has 3 rings (SSSR count). The third-order valence-electron chi connectivity index (χ3n) is 5.50. The second-order valence-corrected chi connectivity index (χ2v) is 9.09. The van der Waals surface area contributed by atoms with Crippen LogP contribution < -0.4 is 15.8 Å². The number of carbonyl (C=O) groups excluding carboxylic acids is 1. The highest BCUT2D eigenvalue weighted by atomic mass is 16.5. The average Bonchev–Trinajstić information content (AvgIpc) is 3.32. The lowest BCUT2D eigenvalue weighted by atomic mass is 10.0. The lowest BCUT2D eigenvalue weighted by Gasteiger charge is -2.18. The van der Waals surface area contributed by atoms with Crippen molar-refractivity contribution in [3.05, 3.63) is 35.0 Å². The van der Waals surface area contributed by atoms with Gasteiger partial charge in [-0.2, -0.15) is 4.98 Å². The maximum absolute atomic E-state index is 11.0. The number of hydrogen-bond acceptors (Lipinski definition) is 10. The Labute approximate surface area is 210 Å². The van der Waals surface area contributed by atoms with Crippen molar-refractivity contribution < 1.29 is 24.3 Å². The number of primary amides is 1. The number of aromatic nitrogens is 4. The minimum Gasteiger partial charge on any atom is -0.490 e. The molecule has 0 radical (unpaired) electrons. The molecule has 3 aromatic rings. The van der Waals surface area contributed by atoms with Crippen molar-refractivity contribution >= 4 is 11.9 Å². The maximum atomic E-state index is 11.0. The third kappa shape index (κ3) is 6.76. The van der Waals surface area contributed by atoms with Gasteiger partial charge in [0.25, 0.3) is 5.89 Å². The molecule has 2 atom stereocenters. The molecular formula is C25H34N6O5. The third-order valence-corrected chi connectivity index (χ3v) is 5.50. The van der Waals surface area contributed by atoms with Crippen molar-refractivity contribution in [3.63, 3.8) is 0 Å². The van der Waals surface area contributed by atoms with Gasteiger partial charge in [0.05, 0.1) is 6.10 Å². The minimum atomic E-state index is -1.43. The summed E-state index contributed by atoms with van der Waals surface area (Å²) >= 11 is 0. The molecular weight excluding hydrogens is 464 g/mol. The largest absolute Gasteiger partial charge is 0.490 e. The van der Waals surface area contributed by atoms with Gasteiger partial charge in [-0.05, 0) is 55.0 Å². The van der Waals surface area contributed by atoms with E-state index in [0.717, 1.165) is 28.8 Å². The van der Waals surface area contributed by atoms with E-state index < -0.39 is 18.1 Å². The summed E-state index contributed by atoms with van der Waals surface area (Å²) in [6.45, 7) is 8.02. The molecule has 0 saturated heterocycles. The molecule has 194 valence electrons. The molecule has 1 unspecified atom stereocenters. The number of aliphatic hydroxyl groups excluding tert-OH is 2. The summed E-state index contributed by atoms with van der Waals surface area (Å²) in [6.07, 6.45) is -1.22.